The van der Waals surface area contributed by atoms with E-state index in [0.717, 1.165) is 24.7 Å². The van der Waals surface area contributed by atoms with Crippen molar-refractivity contribution in [3.8, 4) is 0 Å². The summed E-state index contributed by atoms with van der Waals surface area (Å²) in [6.07, 6.45) is 13.7. The fourth-order valence-corrected chi connectivity index (χ4v) is 6.91. The van der Waals surface area contributed by atoms with Crippen molar-refractivity contribution < 1.29 is 10.2 Å². The molecule has 0 spiro atoms. The molecule has 4 rings (SSSR count). The molecule has 0 aromatic rings. The van der Waals surface area contributed by atoms with Gasteiger partial charge in [-0.05, 0) is 81.0 Å². The summed E-state index contributed by atoms with van der Waals surface area (Å²) in [6, 6.07) is 0. The molecule has 3 saturated carbocycles. The summed E-state index contributed by atoms with van der Waals surface area (Å²) in [5.74, 6) is 2.10. The molecule has 5 unspecified atom stereocenters. The Hall–Kier alpha value is -0.340. The predicted molar refractivity (Wildman–Crippen MR) is 83.5 cm³/mol. The lowest BCUT2D eigenvalue weighted by Gasteiger charge is -2.58. The Bertz CT molecular complexity index is 454. The molecule has 0 heterocycles. The normalized spacial score (nSPS) is 49.3. The number of rotatable bonds is 1. The van der Waals surface area contributed by atoms with Gasteiger partial charge in [0.05, 0.1) is 0 Å². The van der Waals surface area contributed by atoms with E-state index in [4.69, 9.17) is 0 Å². The minimum atomic E-state index is -1.10. The molecule has 0 aromatic heterocycles. The van der Waals surface area contributed by atoms with Crippen LogP contribution < -0.4 is 0 Å². The molecule has 5 atom stereocenters. The number of hydrogen-bond acceptors (Lipinski definition) is 2. The molecule has 0 amide bonds. The highest BCUT2D eigenvalue weighted by Crippen LogP contribution is 2.66. The van der Waals surface area contributed by atoms with Gasteiger partial charge < -0.3 is 10.2 Å². The fraction of sp³-hybridized carbons (Fsp3) is 0.895. The van der Waals surface area contributed by atoms with Crippen LogP contribution in [0.15, 0.2) is 11.6 Å². The first-order valence-electron chi connectivity index (χ1n) is 9.13. The maximum atomic E-state index is 10.1. The summed E-state index contributed by atoms with van der Waals surface area (Å²) in [6.45, 7) is 2.52. The minimum absolute atomic E-state index is 0.159. The summed E-state index contributed by atoms with van der Waals surface area (Å²) in [4.78, 5) is 0. The van der Waals surface area contributed by atoms with Gasteiger partial charge in [-0.1, -0.05) is 25.0 Å². The monoisotopic (exact) mass is 290 g/mol. The lowest BCUT2D eigenvalue weighted by molar-refractivity contribution is -0.189. The predicted octanol–water partition coefficient (Wildman–Crippen LogP) is 4.02. The van der Waals surface area contributed by atoms with Crippen molar-refractivity contribution in [2.24, 2.45) is 28.6 Å². The Labute approximate surface area is 128 Å². The smallest absolute Gasteiger partial charge is 0.157 e. The van der Waals surface area contributed by atoms with E-state index in [-0.39, 0.29) is 5.41 Å². The van der Waals surface area contributed by atoms with Gasteiger partial charge in [-0.15, -0.1) is 0 Å². The molecule has 0 aromatic carbocycles. The van der Waals surface area contributed by atoms with E-state index in [1.807, 2.05) is 0 Å². The zero-order valence-corrected chi connectivity index (χ0v) is 13.4. The molecule has 0 radical (unpaired) electrons. The first-order valence-corrected chi connectivity index (χ1v) is 9.13. The van der Waals surface area contributed by atoms with Crippen molar-refractivity contribution in [1.29, 1.82) is 0 Å². The molecule has 2 heteroatoms. The molecular formula is C19H30O2. The lowest BCUT2D eigenvalue weighted by Crippen LogP contribution is -2.53. The zero-order valence-electron chi connectivity index (χ0n) is 13.4. The van der Waals surface area contributed by atoms with Gasteiger partial charge in [0, 0.05) is 5.41 Å². The van der Waals surface area contributed by atoms with E-state index in [2.05, 4.69) is 13.0 Å². The summed E-state index contributed by atoms with van der Waals surface area (Å²) >= 11 is 0. The van der Waals surface area contributed by atoms with Gasteiger partial charge in [-0.2, -0.15) is 0 Å². The van der Waals surface area contributed by atoms with Gasteiger partial charge in [-0.3, -0.25) is 0 Å². The second-order valence-electron chi connectivity index (χ2n) is 8.49. The van der Waals surface area contributed by atoms with E-state index in [1.54, 1.807) is 5.57 Å². The van der Waals surface area contributed by atoms with Gasteiger partial charge in [0.1, 0.15) is 0 Å². The molecule has 2 nitrogen and oxygen atoms in total. The van der Waals surface area contributed by atoms with Crippen molar-refractivity contribution in [2.75, 3.05) is 0 Å². The van der Waals surface area contributed by atoms with Crippen LogP contribution in [0.3, 0.4) is 0 Å². The molecule has 118 valence electrons. The summed E-state index contributed by atoms with van der Waals surface area (Å²) in [7, 11) is 0. The van der Waals surface area contributed by atoms with E-state index < -0.39 is 6.29 Å². The molecule has 4 aliphatic rings. The van der Waals surface area contributed by atoms with E-state index in [9.17, 15) is 10.2 Å². The minimum Gasteiger partial charge on any atom is -0.368 e. The van der Waals surface area contributed by atoms with Gasteiger partial charge in [0.25, 0.3) is 0 Å². The molecule has 0 aliphatic heterocycles. The largest absolute Gasteiger partial charge is 0.368 e. The number of fused-ring (bicyclic) bond motifs is 5. The van der Waals surface area contributed by atoms with Crippen molar-refractivity contribution >= 4 is 0 Å². The third-order valence-corrected chi connectivity index (χ3v) is 7.95. The third-order valence-electron chi connectivity index (χ3n) is 7.95. The quantitative estimate of drug-likeness (QED) is 0.565. The molecule has 0 bridgehead atoms. The third kappa shape index (κ3) is 1.84. The lowest BCUT2D eigenvalue weighted by atomic mass is 9.47. The fourth-order valence-electron chi connectivity index (χ4n) is 6.91. The number of allylic oxidation sites excluding steroid dienone is 2. The molecule has 0 saturated heterocycles. The number of aliphatic hydroxyl groups excluding tert-OH is 1. The Morgan fingerprint density at radius 3 is 2.71 bits per heavy atom. The Balaban J connectivity index is 1.68. The summed E-state index contributed by atoms with van der Waals surface area (Å²) in [5.41, 5.74) is 2.01. The number of hydrogen-bond donors (Lipinski definition) is 2. The van der Waals surface area contributed by atoms with Crippen molar-refractivity contribution in [3.63, 3.8) is 0 Å². The van der Waals surface area contributed by atoms with Crippen molar-refractivity contribution in [2.45, 2.75) is 77.4 Å². The average Bonchev–Trinajstić information content (AvgIpc) is 2.92. The Morgan fingerprint density at radius 1 is 1.05 bits per heavy atom. The SMILES string of the molecule is CC12CCCC=C1CCC1C2CCC2(C(O)O)CCCC12. The molecular weight excluding hydrogens is 260 g/mol. The van der Waals surface area contributed by atoms with Crippen LogP contribution in [0.25, 0.3) is 0 Å². The highest BCUT2D eigenvalue weighted by Gasteiger charge is 2.59. The van der Waals surface area contributed by atoms with Crippen LogP contribution in [0.2, 0.25) is 0 Å². The summed E-state index contributed by atoms with van der Waals surface area (Å²) < 4.78 is 0. The summed E-state index contributed by atoms with van der Waals surface area (Å²) in [5, 5.41) is 20.1. The first kappa shape index (κ1) is 14.3. The maximum Gasteiger partial charge on any atom is 0.157 e. The molecule has 2 N–H and O–H groups in total. The Kier molecular flexibility index (Phi) is 3.28. The van der Waals surface area contributed by atoms with Crippen LogP contribution in [0.1, 0.15) is 71.1 Å². The highest BCUT2D eigenvalue weighted by molar-refractivity contribution is 5.23. The van der Waals surface area contributed by atoms with Crippen LogP contribution in [-0.2, 0) is 0 Å². The van der Waals surface area contributed by atoms with Gasteiger partial charge in [0.2, 0.25) is 0 Å². The molecule has 3 fully saturated rings. The van der Waals surface area contributed by atoms with Crippen LogP contribution >= 0.6 is 0 Å². The van der Waals surface area contributed by atoms with Crippen molar-refractivity contribution in [1.82, 2.24) is 0 Å². The van der Waals surface area contributed by atoms with E-state index >= 15 is 0 Å². The van der Waals surface area contributed by atoms with E-state index in [1.165, 1.54) is 51.4 Å². The highest BCUT2D eigenvalue weighted by atomic mass is 16.5. The van der Waals surface area contributed by atoms with Crippen LogP contribution in [0.4, 0.5) is 0 Å². The molecule has 21 heavy (non-hydrogen) atoms. The Morgan fingerprint density at radius 2 is 1.90 bits per heavy atom. The van der Waals surface area contributed by atoms with Crippen LogP contribution in [0, 0.1) is 28.6 Å². The second-order valence-corrected chi connectivity index (χ2v) is 8.49. The second kappa shape index (κ2) is 4.83. The van der Waals surface area contributed by atoms with Crippen LogP contribution in [-0.4, -0.2) is 16.5 Å². The maximum absolute atomic E-state index is 10.1. The first-order chi connectivity index (χ1) is 10.1. The molecule has 4 aliphatic carbocycles. The zero-order chi connectivity index (χ0) is 14.7. The topological polar surface area (TPSA) is 40.5 Å². The van der Waals surface area contributed by atoms with Crippen LogP contribution in [0.5, 0.6) is 0 Å². The van der Waals surface area contributed by atoms with Crippen molar-refractivity contribution in [3.05, 3.63) is 11.6 Å². The average molecular weight is 290 g/mol. The van der Waals surface area contributed by atoms with Gasteiger partial charge in [0.15, 0.2) is 6.29 Å². The standard InChI is InChI=1S/C19H30O2/c1-18-10-3-2-5-13(18)7-8-14-15(18)9-12-19(17(20)21)11-4-6-16(14)19/h5,14-17,20-21H,2-4,6-12H2,1H3. The number of aliphatic hydroxyl groups is 2. The van der Waals surface area contributed by atoms with Gasteiger partial charge >= 0.3 is 0 Å². The van der Waals surface area contributed by atoms with E-state index in [0.29, 0.717) is 11.3 Å². The van der Waals surface area contributed by atoms with Gasteiger partial charge in [-0.25, -0.2) is 0 Å².